The summed E-state index contributed by atoms with van der Waals surface area (Å²) in [6, 6.07) is 23.1. The van der Waals surface area contributed by atoms with Gasteiger partial charge >= 0.3 is 0 Å². The van der Waals surface area contributed by atoms with Crippen molar-refractivity contribution in [3.05, 3.63) is 107 Å². The first-order valence-electron chi connectivity index (χ1n) is 13.7. The third-order valence-corrected chi connectivity index (χ3v) is 7.93. The van der Waals surface area contributed by atoms with E-state index in [0.717, 1.165) is 36.2 Å². The Hall–Kier alpha value is -4.50. The van der Waals surface area contributed by atoms with E-state index in [-0.39, 0.29) is 30.9 Å². The predicted molar refractivity (Wildman–Crippen MR) is 158 cm³/mol. The molecule has 1 aromatic heterocycles. The van der Waals surface area contributed by atoms with E-state index >= 15 is 0 Å². The van der Waals surface area contributed by atoms with Crippen molar-refractivity contribution in [3.63, 3.8) is 0 Å². The second kappa shape index (κ2) is 11.5. The van der Waals surface area contributed by atoms with Crippen LogP contribution in [0.4, 0.5) is 11.4 Å². The van der Waals surface area contributed by atoms with Crippen molar-refractivity contribution in [1.29, 1.82) is 0 Å². The number of benzene rings is 3. The van der Waals surface area contributed by atoms with Gasteiger partial charge in [-0.3, -0.25) is 14.5 Å². The predicted octanol–water partition coefficient (Wildman–Crippen LogP) is 4.96. The molecule has 1 saturated heterocycles. The van der Waals surface area contributed by atoms with Crippen LogP contribution in [0.2, 0.25) is 5.02 Å². The number of aryl methyl sites for hydroxylation is 1. The Kier molecular flexibility index (Phi) is 7.52. The van der Waals surface area contributed by atoms with Crippen LogP contribution >= 0.6 is 11.6 Å². The van der Waals surface area contributed by atoms with E-state index < -0.39 is 0 Å². The van der Waals surface area contributed by atoms with Crippen LogP contribution in [0.3, 0.4) is 0 Å². The lowest BCUT2D eigenvalue weighted by atomic mass is 9.86. The van der Waals surface area contributed by atoms with Gasteiger partial charge in [-0.15, -0.1) is 5.10 Å². The van der Waals surface area contributed by atoms with Crippen LogP contribution in [0, 0.1) is 6.92 Å². The van der Waals surface area contributed by atoms with Crippen molar-refractivity contribution in [2.45, 2.75) is 38.6 Å². The molecule has 4 aromatic rings. The minimum atomic E-state index is -0.328. The third-order valence-electron chi connectivity index (χ3n) is 7.69. The molecule has 1 N–H and O–H groups in total. The lowest BCUT2D eigenvalue weighted by Gasteiger charge is -2.41. The fourth-order valence-electron chi connectivity index (χ4n) is 5.34. The fourth-order valence-corrected chi connectivity index (χ4v) is 5.51. The summed E-state index contributed by atoms with van der Waals surface area (Å²) in [7, 11) is 0. The maximum absolute atomic E-state index is 14.0. The van der Waals surface area contributed by atoms with Gasteiger partial charge in [0.15, 0.2) is 0 Å². The van der Waals surface area contributed by atoms with Gasteiger partial charge in [-0.25, -0.2) is 0 Å². The van der Waals surface area contributed by atoms with Crippen molar-refractivity contribution in [2.24, 2.45) is 0 Å². The molecule has 1 unspecified atom stereocenters. The SMILES string of the molecule is Cc1ccc(NC(=C2CCC2)C(Cc2ccccc2)N2CC(=O)N(c3cc(Cl)ccc3-n3cnnn3)CC2=O)cc1. The summed E-state index contributed by atoms with van der Waals surface area (Å²) >= 11 is 6.33. The quantitative estimate of drug-likeness (QED) is 0.323. The number of nitrogens with zero attached hydrogens (tertiary/aromatic N) is 6. The summed E-state index contributed by atoms with van der Waals surface area (Å²) in [5.41, 5.74) is 6.59. The molecular weight excluding hydrogens is 538 g/mol. The first-order chi connectivity index (χ1) is 20.0. The molecule has 0 bridgehead atoms. The zero-order valence-corrected chi connectivity index (χ0v) is 23.5. The van der Waals surface area contributed by atoms with Gasteiger partial charge in [0.25, 0.3) is 0 Å². The molecule has 2 fully saturated rings. The summed E-state index contributed by atoms with van der Waals surface area (Å²) in [6.45, 7) is 1.87. The Morgan fingerprint density at radius 3 is 2.41 bits per heavy atom. The molecule has 1 aliphatic heterocycles. The van der Waals surface area contributed by atoms with Gasteiger partial charge in [0.2, 0.25) is 11.8 Å². The van der Waals surface area contributed by atoms with Crippen LogP contribution in [0.25, 0.3) is 5.69 Å². The molecule has 2 aliphatic rings. The molecule has 2 amide bonds. The minimum absolute atomic E-state index is 0.0652. The zero-order valence-electron chi connectivity index (χ0n) is 22.7. The number of tetrazole rings is 1. The van der Waals surface area contributed by atoms with Gasteiger partial charge in [0.1, 0.15) is 19.4 Å². The summed E-state index contributed by atoms with van der Waals surface area (Å²) in [4.78, 5) is 31.0. The number of halogens is 1. The van der Waals surface area contributed by atoms with Crippen molar-refractivity contribution in [1.82, 2.24) is 25.1 Å². The summed E-state index contributed by atoms with van der Waals surface area (Å²) < 4.78 is 1.46. The van der Waals surface area contributed by atoms with Crippen LogP contribution in [-0.4, -0.2) is 56.1 Å². The van der Waals surface area contributed by atoms with Gasteiger partial charge in [0.05, 0.1) is 17.4 Å². The van der Waals surface area contributed by atoms with Gasteiger partial charge in [-0.2, -0.15) is 4.68 Å². The standard InChI is InChI=1S/C31H30ClN7O2/c1-21-10-13-25(14-11-21)34-31(23-8-5-9-23)28(16-22-6-3-2-4-7-22)38-19-29(40)37(18-30(38)41)27-17-24(32)12-15-26(27)39-20-33-35-36-39/h2-4,6-7,10-15,17,20,28,34H,5,8-9,16,18-19H2,1H3. The number of carbonyl (C=O) groups excluding carboxylic acids is 2. The lowest BCUT2D eigenvalue weighted by molar-refractivity contribution is -0.139. The fraction of sp³-hybridized carbons (Fsp3) is 0.258. The number of aromatic nitrogens is 4. The number of anilines is 2. The third kappa shape index (κ3) is 5.71. The Morgan fingerprint density at radius 1 is 0.951 bits per heavy atom. The number of carbonyl (C=O) groups is 2. The van der Waals surface area contributed by atoms with E-state index in [9.17, 15) is 9.59 Å². The number of piperazine rings is 1. The first kappa shape index (κ1) is 26.7. The lowest BCUT2D eigenvalue weighted by Crippen LogP contribution is -2.58. The number of hydrogen-bond acceptors (Lipinski definition) is 6. The molecule has 208 valence electrons. The number of amides is 2. The largest absolute Gasteiger partial charge is 0.357 e. The Morgan fingerprint density at radius 2 is 1.73 bits per heavy atom. The molecule has 0 radical (unpaired) electrons. The number of nitrogens with one attached hydrogen (secondary N) is 1. The Bertz CT molecular complexity index is 1580. The molecule has 3 aromatic carbocycles. The minimum Gasteiger partial charge on any atom is -0.357 e. The van der Waals surface area contributed by atoms with E-state index in [2.05, 4.69) is 64.2 Å². The highest BCUT2D eigenvalue weighted by atomic mass is 35.5. The van der Waals surface area contributed by atoms with E-state index in [4.69, 9.17) is 11.6 Å². The number of allylic oxidation sites excluding steroid dienone is 1. The highest BCUT2D eigenvalue weighted by Gasteiger charge is 2.38. The van der Waals surface area contributed by atoms with Gasteiger partial charge in [-0.1, -0.05) is 59.6 Å². The van der Waals surface area contributed by atoms with Crippen molar-refractivity contribution in [2.75, 3.05) is 23.3 Å². The second-order valence-electron chi connectivity index (χ2n) is 10.5. The molecule has 0 spiro atoms. The summed E-state index contributed by atoms with van der Waals surface area (Å²) in [5.74, 6) is -0.344. The Balaban J connectivity index is 1.35. The topological polar surface area (TPSA) is 96.2 Å². The van der Waals surface area contributed by atoms with E-state index in [1.165, 1.54) is 27.0 Å². The number of rotatable bonds is 8. The monoisotopic (exact) mass is 567 g/mol. The smallest absolute Gasteiger partial charge is 0.247 e. The maximum atomic E-state index is 14.0. The van der Waals surface area contributed by atoms with Crippen molar-refractivity contribution < 1.29 is 9.59 Å². The molecular formula is C31H30ClN7O2. The Labute approximate surface area is 243 Å². The molecule has 41 heavy (non-hydrogen) atoms. The van der Waals surface area contributed by atoms with E-state index in [0.29, 0.717) is 22.8 Å². The van der Waals surface area contributed by atoms with Crippen LogP contribution in [-0.2, 0) is 16.0 Å². The molecule has 6 rings (SSSR count). The van der Waals surface area contributed by atoms with E-state index in [1.54, 1.807) is 23.1 Å². The molecule has 10 heteroatoms. The van der Waals surface area contributed by atoms with Crippen molar-refractivity contribution in [3.8, 4) is 5.69 Å². The number of hydrogen-bond donors (Lipinski definition) is 1. The zero-order chi connectivity index (χ0) is 28.3. The highest BCUT2D eigenvalue weighted by Crippen LogP contribution is 2.35. The van der Waals surface area contributed by atoms with Gasteiger partial charge < -0.3 is 10.2 Å². The maximum Gasteiger partial charge on any atom is 0.247 e. The average molecular weight is 568 g/mol. The van der Waals surface area contributed by atoms with Gasteiger partial charge in [-0.05, 0) is 84.5 Å². The normalized spacial score (nSPS) is 16.0. The molecule has 1 saturated carbocycles. The highest BCUT2D eigenvalue weighted by molar-refractivity contribution is 6.31. The molecule has 9 nitrogen and oxygen atoms in total. The molecule has 2 heterocycles. The molecule has 1 atom stereocenters. The van der Waals surface area contributed by atoms with Crippen LogP contribution in [0.15, 0.2) is 90.4 Å². The van der Waals surface area contributed by atoms with Crippen LogP contribution in [0.5, 0.6) is 0 Å². The van der Waals surface area contributed by atoms with Crippen LogP contribution in [0.1, 0.15) is 30.4 Å². The molecule has 1 aliphatic carbocycles. The average Bonchev–Trinajstić information content (AvgIpc) is 3.48. The second-order valence-corrected chi connectivity index (χ2v) is 10.9. The van der Waals surface area contributed by atoms with Gasteiger partial charge in [0, 0.05) is 16.4 Å². The summed E-state index contributed by atoms with van der Waals surface area (Å²) in [5, 5.41) is 15.5. The van der Waals surface area contributed by atoms with Crippen molar-refractivity contribution >= 4 is 34.8 Å². The van der Waals surface area contributed by atoms with Crippen LogP contribution < -0.4 is 10.2 Å². The summed E-state index contributed by atoms with van der Waals surface area (Å²) in [6.07, 6.45) is 5.09. The van der Waals surface area contributed by atoms with E-state index in [1.807, 2.05) is 18.2 Å². The first-order valence-corrected chi connectivity index (χ1v) is 14.1.